The first-order chi connectivity index (χ1) is 6.76. The molecule has 0 aliphatic rings. The van der Waals surface area contributed by atoms with Crippen molar-refractivity contribution in [3.63, 3.8) is 0 Å². The molecule has 0 fully saturated rings. The minimum atomic E-state index is -0.958. The van der Waals surface area contributed by atoms with Crippen molar-refractivity contribution in [1.82, 2.24) is 5.32 Å². The van der Waals surface area contributed by atoms with Crippen LogP contribution in [0.5, 0.6) is 0 Å². The molecule has 0 heterocycles. The summed E-state index contributed by atoms with van der Waals surface area (Å²) in [6.45, 7) is 0.467. The molecule has 0 unspecified atom stereocenters. The number of hydrogen-bond acceptors (Lipinski definition) is 3. The molecular formula is C9H12AsClN2O2. The van der Waals surface area contributed by atoms with E-state index in [1.807, 2.05) is 12.1 Å². The quantitative estimate of drug-likeness (QED) is 0.725. The summed E-state index contributed by atoms with van der Waals surface area (Å²) in [5.41, 5.74) is 6.11. The molecule has 15 heavy (non-hydrogen) atoms. The number of halogens is 1. The summed E-state index contributed by atoms with van der Waals surface area (Å²) in [6.07, 6.45) is 0. The molecule has 4 nitrogen and oxygen atoms in total. The number of rotatable bonds is 4. The molecule has 0 bridgehead atoms. The number of carbonyl (C=O) groups is 1. The van der Waals surface area contributed by atoms with Gasteiger partial charge in [0.05, 0.1) is 0 Å². The minimum absolute atomic E-state index is 0. The topological polar surface area (TPSA) is 72.2 Å². The number of amides is 1. The van der Waals surface area contributed by atoms with Crippen molar-refractivity contribution < 1.29 is 8.53 Å². The first-order valence-corrected chi connectivity index (χ1v) is 5.85. The molecule has 82 valence electrons. The summed E-state index contributed by atoms with van der Waals surface area (Å²) < 4.78 is 11.4. The van der Waals surface area contributed by atoms with Gasteiger partial charge in [0.1, 0.15) is 0 Å². The molecule has 0 aromatic heterocycles. The Kier molecular flexibility index (Phi) is 7.22. The van der Waals surface area contributed by atoms with E-state index in [2.05, 4.69) is 5.32 Å². The number of carbonyl (C=O) groups excluding carboxylic acids is 1. The van der Waals surface area contributed by atoms with Gasteiger partial charge in [-0.3, -0.25) is 0 Å². The fourth-order valence-electron chi connectivity index (χ4n) is 0.947. The second kappa shape index (κ2) is 7.57. The number of hydrogen-bond donors (Lipinski definition) is 2. The normalized spacial score (nSPS) is 9.40. The van der Waals surface area contributed by atoms with E-state index < -0.39 is 15.7 Å². The molecule has 3 N–H and O–H groups in total. The zero-order valence-electron chi connectivity index (χ0n) is 7.97. The van der Waals surface area contributed by atoms with Crippen LogP contribution in [0.3, 0.4) is 0 Å². The van der Waals surface area contributed by atoms with Crippen LogP contribution in [0.25, 0.3) is 0 Å². The van der Waals surface area contributed by atoms with Gasteiger partial charge in [-0.2, -0.15) is 0 Å². The first-order valence-electron chi connectivity index (χ1n) is 4.15. The van der Waals surface area contributed by atoms with Gasteiger partial charge in [-0.05, 0) is 0 Å². The van der Waals surface area contributed by atoms with Crippen LogP contribution in [0.2, 0.25) is 0 Å². The summed E-state index contributed by atoms with van der Waals surface area (Å²) in [7, 11) is 0. The fourth-order valence-corrected chi connectivity index (χ4v) is 1.52. The average molecular weight is 291 g/mol. The molecule has 1 rings (SSSR count). The third-order valence-electron chi connectivity index (χ3n) is 1.72. The second-order valence-electron chi connectivity index (χ2n) is 2.74. The molecule has 0 saturated carbocycles. The van der Waals surface area contributed by atoms with Crippen molar-refractivity contribution >= 4 is 38.4 Å². The van der Waals surface area contributed by atoms with Gasteiger partial charge < -0.3 is 0 Å². The van der Waals surface area contributed by atoms with Crippen molar-refractivity contribution in [2.75, 3.05) is 6.54 Å². The van der Waals surface area contributed by atoms with Crippen molar-refractivity contribution in [3.05, 3.63) is 29.8 Å². The van der Waals surface area contributed by atoms with Crippen LogP contribution in [0.1, 0.15) is 5.56 Å². The van der Waals surface area contributed by atoms with E-state index in [1.54, 1.807) is 12.1 Å². The third-order valence-corrected chi connectivity index (χ3v) is 2.78. The maximum absolute atomic E-state index is 10.8. The van der Waals surface area contributed by atoms with Crippen molar-refractivity contribution in [3.8, 4) is 0 Å². The summed E-state index contributed by atoms with van der Waals surface area (Å²) in [6, 6.07) is 7.30. The average Bonchev–Trinajstić information content (AvgIpc) is 2.26. The van der Waals surface area contributed by atoms with Gasteiger partial charge in [-0.25, -0.2) is 0 Å². The molecule has 0 aliphatic heterocycles. The Morgan fingerprint density at radius 3 is 2.40 bits per heavy atom. The second-order valence-corrected chi connectivity index (χ2v) is 4.21. The Balaban J connectivity index is 0.00000196. The van der Waals surface area contributed by atoms with Crippen LogP contribution in [-0.4, -0.2) is 28.1 Å². The van der Waals surface area contributed by atoms with Gasteiger partial charge in [0, 0.05) is 0 Å². The van der Waals surface area contributed by atoms with Gasteiger partial charge in [0.2, 0.25) is 0 Å². The molecule has 0 aliphatic carbocycles. The summed E-state index contributed by atoms with van der Waals surface area (Å²) in [5.74, 6) is -0.177. The Morgan fingerprint density at radius 2 is 1.93 bits per heavy atom. The Labute approximate surface area is 101 Å². The molecule has 0 radical (unpaired) electrons. The molecule has 6 heteroatoms. The molecular weight excluding hydrogens is 278 g/mol. The molecule has 1 aromatic rings. The summed E-state index contributed by atoms with van der Waals surface area (Å²) >= 11 is -0.958. The zero-order valence-corrected chi connectivity index (χ0v) is 10.7. The van der Waals surface area contributed by atoms with Gasteiger partial charge >= 0.3 is 88.5 Å². The summed E-state index contributed by atoms with van der Waals surface area (Å²) in [4.78, 5) is 10.8. The van der Waals surface area contributed by atoms with Crippen LogP contribution >= 0.6 is 12.4 Å². The Morgan fingerprint density at radius 1 is 1.33 bits per heavy atom. The van der Waals surface area contributed by atoms with Gasteiger partial charge in [-0.15, -0.1) is 12.4 Å². The predicted octanol–water partition coefficient (Wildman–Crippen LogP) is -0.642. The molecule has 0 atom stereocenters. The molecule has 0 spiro atoms. The Bertz CT molecular complexity index is 329. The Hall–Kier alpha value is -0.702. The predicted molar refractivity (Wildman–Crippen MR) is 60.7 cm³/mol. The van der Waals surface area contributed by atoms with E-state index >= 15 is 0 Å². The maximum atomic E-state index is 10.8. The van der Waals surface area contributed by atoms with Gasteiger partial charge in [0.25, 0.3) is 0 Å². The van der Waals surface area contributed by atoms with Crippen molar-refractivity contribution in [1.29, 1.82) is 0 Å². The van der Waals surface area contributed by atoms with Crippen molar-refractivity contribution in [2.45, 2.75) is 6.54 Å². The zero-order chi connectivity index (χ0) is 10.4. The van der Waals surface area contributed by atoms with E-state index in [-0.39, 0.29) is 24.9 Å². The third kappa shape index (κ3) is 5.07. The SMILES string of the molecule is Cl.NCC(=O)NCc1ccc([As]=O)cc1. The van der Waals surface area contributed by atoms with Gasteiger partial charge in [-0.1, -0.05) is 0 Å². The van der Waals surface area contributed by atoms with Crippen LogP contribution in [0.4, 0.5) is 0 Å². The van der Waals surface area contributed by atoms with E-state index in [9.17, 15) is 8.53 Å². The van der Waals surface area contributed by atoms with Crippen LogP contribution in [0.15, 0.2) is 24.3 Å². The van der Waals surface area contributed by atoms with Crippen LogP contribution in [0, 0.1) is 0 Å². The standard InChI is InChI=1S/C9H11AsN2O2.ClH/c11-5-9(13)12-6-7-1-3-8(10-14)4-2-7;/h1-4H,5-6,11H2,(H,12,13);1H. The molecule has 1 aromatic carbocycles. The monoisotopic (exact) mass is 290 g/mol. The number of nitrogens with one attached hydrogen (secondary N) is 1. The van der Waals surface area contributed by atoms with Crippen LogP contribution in [-0.2, 0) is 15.1 Å². The summed E-state index contributed by atoms with van der Waals surface area (Å²) in [5, 5.41) is 2.65. The number of nitrogens with two attached hydrogens (primary N) is 1. The van der Waals surface area contributed by atoms with E-state index in [0.717, 1.165) is 9.91 Å². The molecule has 0 saturated heterocycles. The fraction of sp³-hybridized carbons (Fsp3) is 0.222. The van der Waals surface area contributed by atoms with E-state index in [1.165, 1.54) is 0 Å². The molecule has 1 amide bonds. The number of benzene rings is 1. The van der Waals surface area contributed by atoms with Gasteiger partial charge in [0.15, 0.2) is 0 Å². The first kappa shape index (κ1) is 14.3. The van der Waals surface area contributed by atoms with E-state index in [4.69, 9.17) is 5.73 Å². The van der Waals surface area contributed by atoms with E-state index in [0.29, 0.717) is 6.54 Å². The van der Waals surface area contributed by atoms with Crippen molar-refractivity contribution in [2.24, 2.45) is 5.73 Å². The van der Waals surface area contributed by atoms with Crippen LogP contribution < -0.4 is 15.4 Å².